The van der Waals surface area contributed by atoms with Crippen LogP contribution in [-0.4, -0.2) is 52.3 Å². The van der Waals surface area contributed by atoms with E-state index in [9.17, 15) is 0 Å². The van der Waals surface area contributed by atoms with Crippen molar-refractivity contribution < 1.29 is 0 Å². The number of nitrogens with zero attached hydrogens (tertiary/aromatic N) is 4. The Morgan fingerprint density at radius 3 is 2.42 bits per heavy atom. The van der Waals surface area contributed by atoms with Crippen LogP contribution in [0.2, 0.25) is 0 Å². The van der Waals surface area contributed by atoms with Gasteiger partial charge in [-0.3, -0.25) is 4.90 Å². The molecule has 0 amide bonds. The van der Waals surface area contributed by atoms with Gasteiger partial charge >= 0.3 is 0 Å². The number of benzene rings is 1. The highest BCUT2D eigenvalue weighted by Crippen LogP contribution is 2.28. The highest BCUT2D eigenvalue weighted by Gasteiger charge is 2.30. The number of rotatable bonds is 3. The molecule has 0 saturated carbocycles. The summed E-state index contributed by atoms with van der Waals surface area (Å²) in [5.74, 6) is 1.13. The van der Waals surface area contributed by atoms with E-state index in [0.29, 0.717) is 18.0 Å². The third-order valence-electron chi connectivity index (χ3n) is 5.71. The maximum atomic E-state index is 5.63. The first-order valence-corrected chi connectivity index (χ1v) is 8.92. The lowest BCUT2D eigenvalue weighted by atomic mass is 9.86. The van der Waals surface area contributed by atoms with Gasteiger partial charge in [0.25, 0.3) is 0 Å². The Bertz CT molecular complexity index is 698. The number of halogens is 2. The van der Waals surface area contributed by atoms with Gasteiger partial charge in [0.05, 0.1) is 0 Å². The fourth-order valence-electron chi connectivity index (χ4n) is 4.20. The van der Waals surface area contributed by atoms with Crippen LogP contribution in [0.5, 0.6) is 0 Å². The number of anilines is 2. The number of nitrogens with two attached hydrogens (primary N) is 1. The molecule has 1 fully saturated rings. The van der Waals surface area contributed by atoms with Gasteiger partial charge in [-0.05, 0) is 50.3 Å². The van der Waals surface area contributed by atoms with E-state index in [1.165, 1.54) is 24.8 Å². The van der Waals surface area contributed by atoms with Crippen molar-refractivity contribution in [3.8, 4) is 0 Å². The van der Waals surface area contributed by atoms with Crippen LogP contribution < -0.4 is 10.6 Å². The van der Waals surface area contributed by atoms with Crippen LogP contribution in [0.3, 0.4) is 0 Å². The second-order valence-electron chi connectivity index (χ2n) is 7.07. The standard InChI is InChI=1S/C18H26N6.2ClH/c1-23(16-7-6-13-4-2-3-5-14(13)12-16)15-8-10-24(11-9-15)18-20-17(19)21-22-18;;/h2-5,15-16H,6-12H2,1H3,(H3,19,20,21,22);2*1H. The number of nitrogen functional groups attached to an aromatic ring is 1. The quantitative estimate of drug-likeness (QED) is 0.830. The van der Waals surface area contributed by atoms with E-state index in [-0.39, 0.29) is 24.8 Å². The van der Waals surface area contributed by atoms with E-state index in [1.54, 1.807) is 5.56 Å². The smallest absolute Gasteiger partial charge is 0.246 e. The molecule has 2 aromatic rings. The molecule has 0 bridgehead atoms. The molecule has 1 aromatic heterocycles. The Balaban J connectivity index is 0.00000121. The normalized spacial score (nSPS) is 20.2. The van der Waals surface area contributed by atoms with E-state index < -0.39 is 0 Å². The van der Waals surface area contributed by atoms with E-state index in [1.807, 2.05) is 0 Å². The molecule has 1 saturated heterocycles. The fourth-order valence-corrected chi connectivity index (χ4v) is 4.20. The molecule has 0 spiro atoms. The lowest BCUT2D eigenvalue weighted by Gasteiger charge is -2.41. The number of hydrogen-bond acceptors (Lipinski definition) is 5. The Labute approximate surface area is 167 Å². The predicted molar refractivity (Wildman–Crippen MR) is 111 cm³/mol. The number of likely N-dealkylation sites (N-methyl/N-ethyl adjacent to an activating group) is 1. The zero-order chi connectivity index (χ0) is 16.5. The highest BCUT2D eigenvalue weighted by atomic mass is 35.5. The summed E-state index contributed by atoms with van der Waals surface area (Å²) in [5, 5.41) is 6.90. The van der Waals surface area contributed by atoms with Crippen molar-refractivity contribution in [1.29, 1.82) is 0 Å². The highest BCUT2D eigenvalue weighted by molar-refractivity contribution is 5.85. The molecule has 1 aromatic carbocycles. The van der Waals surface area contributed by atoms with E-state index >= 15 is 0 Å². The van der Waals surface area contributed by atoms with Crippen LogP contribution in [0.4, 0.5) is 11.9 Å². The lowest BCUT2D eigenvalue weighted by molar-refractivity contribution is 0.136. The van der Waals surface area contributed by atoms with Gasteiger partial charge < -0.3 is 10.6 Å². The van der Waals surface area contributed by atoms with E-state index in [2.05, 4.69) is 56.3 Å². The Kier molecular flexibility index (Phi) is 7.15. The summed E-state index contributed by atoms with van der Waals surface area (Å²) in [7, 11) is 2.31. The van der Waals surface area contributed by atoms with Crippen molar-refractivity contribution in [3.63, 3.8) is 0 Å². The molecule has 26 heavy (non-hydrogen) atoms. The molecular formula is C18H28Cl2N6. The maximum Gasteiger partial charge on any atom is 0.246 e. The molecule has 4 rings (SSSR count). The molecule has 144 valence electrons. The van der Waals surface area contributed by atoms with Gasteiger partial charge in [-0.25, -0.2) is 5.10 Å². The summed E-state index contributed by atoms with van der Waals surface area (Å²) in [6, 6.07) is 10.2. The molecule has 1 aliphatic heterocycles. The van der Waals surface area contributed by atoms with Crippen LogP contribution in [0.25, 0.3) is 0 Å². The van der Waals surface area contributed by atoms with Crippen molar-refractivity contribution in [2.24, 2.45) is 0 Å². The Morgan fingerprint density at radius 1 is 1.08 bits per heavy atom. The first-order valence-electron chi connectivity index (χ1n) is 8.92. The average molecular weight is 399 g/mol. The number of aromatic nitrogens is 3. The van der Waals surface area contributed by atoms with Gasteiger partial charge in [0, 0.05) is 25.2 Å². The van der Waals surface area contributed by atoms with Gasteiger partial charge in [-0.2, -0.15) is 4.98 Å². The van der Waals surface area contributed by atoms with Crippen LogP contribution in [0.1, 0.15) is 30.4 Å². The molecule has 2 aliphatic rings. The zero-order valence-electron chi connectivity index (χ0n) is 15.1. The third kappa shape index (κ3) is 4.24. The molecule has 1 aliphatic carbocycles. The van der Waals surface area contributed by atoms with Gasteiger partial charge in [0.1, 0.15) is 0 Å². The number of hydrogen-bond donors (Lipinski definition) is 2. The monoisotopic (exact) mass is 398 g/mol. The second kappa shape index (κ2) is 8.93. The zero-order valence-corrected chi connectivity index (χ0v) is 16.7. The van der Waals surface area contributed by atoms with Crippen LogP contribution >= 0.6 is 24.8 Å². The molecule has 3 N–H and O–H groups in total. The van der Waals surface area contributed by atoms with Crippen LogP contribution in [0.15, 0.2) is 24.3 Å². The largest absolute Gasteiger partial charge is 0.368 e. The van der Waals surface area contributed by atoms with Crippen molar-refractivity contribution in [3.05, 3.63) is 35.4 Å². The van der Waals surface area contributed by atoms with Crippen LogP contribution in [-0.2, 0) is 12.8 Å². The molecule has 0 radical (unpaired) electrons. The van der Waals surface area contributed by atoms with Gasteiger partial charge in [-0.15, -0.1) is 29.9 Å². The van der Waals surface area contributed by atoms with E-state index in [0.717, 1.165) is 31.9 Å². The summed E-state index contributed by atoms with van der Waals surface area (Å²) < 4.78 is 0. The third-order valence-corrected chi connectivity index (χ3v) is 5.71. The molecule has 8 heteroatoms. The van der Waals surface area contributed by atoms with Crippen molar-refractivity contribution in [1.82, 2.24) is 20.1 Å². The average Bonchev–Trinajstić information content (AvgIpc) is 3.07. The van der Waals surface area contributed by atoms with Gasteiger partial charge in [0.15, 0.2) is 0 Å². The topological polar surface area (TPSA) is 74.1 Å². The molecule has 2 heterocycles. The number of H-pyrrole nitrogens is 1. The lowest BCUT2D eigenvalue weighted by Crippen LogP contribution is -2.49. The van der Waals surface area contributed by atoms with Crippen molar-refractivity contribution >= 4 is 36.7 Å². The number of fused-ring (bicyclic) bond motifs is 1. The summed E-state index contributed by atoms with van der Waals surface area (Å²) >= 11 is 0. The summed E-state index contributed by atoms with van der Waals surface area (Å²) in [6.07, 6.45) is 5.97. The summed E-state index contributed by atoms with van der Waals surface area (Å²) in [5.41, 5.74) is 8.71. The van der Waals surface area contributed by atoms with Crippen molar-refractivity contribution in [2.75, 3.05) is 30.8 Å². The van der Waals surface area contributed by atoms with Crippen molar-refractivity contribution in [2.45, 2.75) is 44.2 Å². The summed E-state index contributed by atoms with van der Waals surface area (Å²) in [4.78, 5) is 9.10. The van der Waals surface area contributed by atoms with Gasteiger partial charge in [-0.1, -0.05) is 24.3 Å². The maximum absolute atomic E-state index is 5.63. The first-order chi connectivity index (χ1) is 11.7. The second-order valence-corrected chi connectivity index (χ2v) is 7.07. The number of piperidine rings is 1. The molecule has 1 unspecified atom stereocenters. The van der Waals surface area contributed by atoms with Crippen LogP contribution in [0, 0.1) is 0 Å². The number of aryl methyl sites for hydroxylation is 1. The first kappa shape index (κ1) is 20.8. The molecule has 6 nitrogen and oxygen atoms in total. The predicted octanol–water partition coefficient (Wildman–Crippen LogP) is 2.69. The van der Waals surface area contributed by atoms with E-state index in [4.69, 9.17) is 5.73 Å². The SMILES string of the molecule is CN(C1CCN(c2n[nH]c(N)n2)CC1)C1CCc2ccccc2C1.Cl.Cl. The Morgan fingerprint density at radius 2 is 1.77 bits per heavy atom. The molecule has 1 atom stereocenters. The minimum atomic E-state index is 0. The number of aromatic amines is 1. The minimum absolute atomic E-state index is 0. The minimum Gasteiger partial charge on any atom is -0.368 e. The molecular weight excluding hydrogens is 371 g/mol. The fraction of sp³-hybridized carbons (Fsp3) is 0.556. The van der Waals surface area contributed by atoms with Gasteiger partial charge in [0.2, 0.25) is 11.9 Å². The number of nitrogens with one attached hydrogen (secondary N) is 1. The Hall–Kier alpha value is -1.50. The summed E-state index contributed by atoms with van der Waals surface area (Å²) in [6.45, 7) is 1.99.